The van der Waals surface area contributed by atoms with Crippen LogP contribution in [0.15, 0.2) is 24.4 Å². The quantitative estimate of drug-likeness (QED) is 0.890. The van der Waals surface area contributed by atoms with E-state index in [1.165, 1.54) is 20.0 Å². The summed E-state index contributed by atoms with van der Waals surface area (Å²) < 4.78 is 27.1. The highest BCUT2D eigenvalue weighted by molar-refractivity contribution is 7.90. The molecule has 0 unspecified atom stereocenters. The third-order valence-electron chi connectivity index (χ3n) is 3.10. The molecule has 1 aromatic heterocycles. The molecule has 0 aliphatic carbocycles. The van der Waals surface area contributed by atoms with Crippen LogP contribution in [0.3, 0.4) is 0 Å². The molecule has 2 rings (SSSR count). The molecule has 1 amide bonds. The molecule has 0 atom stereocenters. The topological polar surface area (TPSA) is 81.1 Å². The van der Waals surface area contributed by atoms with Crippen molar-refractivity contribution in [1.29, 1.82) is 0 Å². The van der Waals surface area contributed by atoms with Crippen LogP contribution in [0.5, 0.6) is 0 Å². The van der Waals surface area contributed by atoms with Gasteiger partial charge in [-0.05, 0) is 39.0 Å². The average molecular weight is 376 g/mol. The molecule has 0 radical (unpaired) electrons. The van der Waals surface area contributed by atoms with Gasteiger partial charge in [0.15, 0.2) is 0 Å². The van der Waals surface area contributed by atoms with Gasteiger partial charge in [0.25, 0.3) is 5.91 Å². The fraction of sp³-hybridized carbons (Fsp3) is 0.286. The molecule has 2 aromatic rings. The second-order valence-electron chi connectivity index (χ2n) is 5.20. The largest absolute Gasteiger partial charge is 0.303 e. The van der Waals surface area contributed by atoms with Crippen LogP contribution in [0.1, 0.15) is 30.2 Å². The number of benzene rings is 1. The number of nitrogens with one attached hydrogen (secondary N) is 1. The Bertz CT molecular complexity index is 840. The van der Waals surface area contributed by atoms with Crippen molar-refractivity contribution in [3.63, 3.8) is 0 Å². The minimum atomic E-state index is -3.72. The molecule has 0 aliphatic rings. The van der Waals surface area contributed by atoms with E-state index in [9.17, 15) is 13.2 Å². The van der Waals surface area contributed by atoms with Crippen LogP contribution >= 0.6 is 23.2 Å². The predicted molar refractivity (Wildman–Crippen MR) is 89.8 cm³/mol. The number of carbonyl (C=O) groups is 1. The molecule has 9 heteroatoms. The number of hydrogen-bond acceptors (Lipinski definition) is 4. The Labute approximate surface area is 144 Å². The van der Waals surface area contributed by atoms with Crippen molar-refractivity contribution in [2.45, 2.75) is 26.0 Å². The van der Waals surface area contributed by atoms with Crippen LogP contribution < -0.4 is 4.72 Å². The molecule has 23 heavy (non-hydrogen) atoms. The lowest BCUT2D eigenvalue weighted by atomic mass is 10.3. The van der Waals surface area contributed by atoms with E-state index >= 15 is 0 Å². The lowest BCUT2D eigenvalue weighted by Crippen LogP contribution is -2.36. The maximum atomic E-state index is 12.1. The third kappa shape index (κ3) is 4.04. The predicted octanol–water partition coefficient (Wildman–Crippen LogP) is 2.96. The Balaban J connectivity index is 2.36. The maximum absolute atomic E-state index is 12.1. The summed E-state index contributed by atoms with van der Waals surface area (Å²) in [5.74, 6) is -0.288. The summed E-state index contributed by atoms with van der Waals surface area (Å²) in [5.41, 5.74) is 0.612. The van der Waals surface area contributed by atoms with Gasteiger partial charge in [0.1, 0.15) is 11.5 Å². The summed E-state index contributed by atoms with van der Waals surface area (Å²) in [6, 6.07) is 4.91. The van der Waals surface area contributed by atoms with E-state index in [1.807, 2.05) is 4.72 Å². The van der Waals surface area contributed by atoms with E-state index in [1.54, 1.807) is 29.7 Å². The Morgan fingerprint density at radius 3 is 2.30 bits per heavy atom. The molecular weight excluding hydrogens is 361 g/mol. The van der Waals surface area contributed by atoms with Crippen molar-refractivity contribution < 1.29 is 13.2 Å². The first-order valence-electron chi connectivity index (χ1n) is 6.68. The number of nitrogens with zero attached hydrogens (tertiary/aromatic N) is 2. The van der Waals surface area contributed by atoms with Gasteiger partial charge < -0.3 is 4.57 Å². The van der Waals surface area contributed by atoms with E-state index in [2.05, 4.69) is 4.98 Å². The lowest BCUT2D eigenvalue weighted by Gasteiger charge is -2.07. The van der Waals surface area contributed by atoms with Gasteiger partial charge in [-0.3, -0.25) is 4.79 Å². The second kappa shape index (κ2) is 6.51. The number of rotatable bonds is 4. The number of carbonyl (C=O) groups excluding carboxylic acids is 1. The Morgan fingerprint density at radius 2 is 1.78 bits per heavy atom. The monoisotopic (exact) mass is 375 g/mol. The summed E-state index contributed by atoms with van der Waals surface area (Å²) in [4.78, 5) is 16.2. The number of amides is 1. The highest BCUT2D eigenvalue weighted by Crippen LogP contribution is 2.23. The van der Waals surface area contributed by atoms with E-state index in [4.69, 9.17) is 23.2 Å². The maximum Gasteiger partial charge on any atom is 0.284 e. The molecule has 0 bridgehead atoms. The molecule has 0 fully saturated rings. The molecule has 1 N–H and O–H groups in total. The van der Waals surface area contributed by atoms with Crippen molar-refractivity contribution in [2.75, 3.05) is 0 Å². The zero-order chi connectivity index (χ0) is 17.4. The fourth-order valence-corrected chi connectivity index (χ4v) is 2.93. The SMILES string of the molecule is Cc1nc(C(=O)NS(=O)(=O)C(C)C)cn1-c1cc(Cl)cc(Cl)c1. The number of imidazole rings is 1. The van der Waals surface area contributed by atoms with Gasteiger partial charge >= 0.3 is 0 Å². The average Bonchev–Trinajstić information content (AvgIpc) is 2.79. The minimum Gasteiger partial charge on any atom is -0.303 e. The van der Waals surface area contributed by atoms with Gasteiger partial charge in [0.2, 0.25) is 10.0 Å². The zero-order valence-electron chi connectivity index (χ0n) is 12.7. The van der Waals surface area contributed by atoms with Crippen molar-refractivity contribution in [3.05, 3.63) is 46.0 Å². The standard InChI is InChI=1S/C14H15Cl2N3O3S/c1-8(2)23(21,22)18-14(20)13-7-19(9(3)17-13)12-5-10(15)4-11(16)6-12/h4-8H,1-3H3,(H,18,20). The van der Waals surface area contributed by atoms with Crippen LogP contribution in [0.25, 0.3) is 5.69 Å². The molecular formula is C14H15Cl2N3O3S. The van der Waals surface area contributed by atoms with Gasteiger partial charge in [-0.2, -0.15) is 0 Å². The first-order valence-corrected chi connectivity index (χ1v) is 8.99. The number of halogens is 2. The summed E-state index contributed by atoms with van der Waals surface area (Å²) in [6.45, 7) is 4.64. The summed E-state index contributed by atoms with van der Waals surface area (Å²) >= 11 is 11.9. The van der Waals surface area contributed by atoms with Gasteiger partial charge in [-0.15, -0.1) is 0 Å². The zero-order valence-corrected chi connectivity index (χ0v) is 15.0. The summed E-state index contributed by atoms with van der Waals surface area (Å²) in [7, 11) is -3.72. The van der Waals surface area contributed by atoms with E-state index < -0.39 is 21.2 Å². The van der Waals surface area contributed by atoms with Crippen LogP contribution in [-0.2, 0) is 10.0 Å². The van der Waals surface area contributed by atoms with Crippen LogP contribution in [0, 0.1) is 6.92 Å². The van der Waals surface area contributed by atoms with Gasteiger partial charge in [-0.1, -0.05) is 23.2 Å². The minimum absolute atomic E-state index is 0.0113. The molecule has 6 nitrogen and oxygen atoms in total. The van der Waals surface area contributed by atoms with Gasteiger partial charge in [0.05, 0.1) is 5.25 Å². The Morgan fingerprint density at radius 1 is 1.22 bits per heavy atom. The van der Waals surface area contributed by atoms with Gasteiger partial charge in [-0.25, -0.2) is 18.1 Å². The van der Waals surface area contributed by atoms with Crippen LogP contribution in [0.2, 0.25) is 10.0 Å². The molecule has 0 saturated heterocycles. The van der Waals surface area contributed by atoms with Crippen LogP contribution in [0.4, 0.5) is 0 Å². The fourth-order valence-electron chi connectivity index (χ4n) is 1.82. The molecule has 0 spiro atoms. The normalized spacial score (nSPS) is 11.7. The molecule has 0 saturated carbocycles. The molecule has 1 heterocycles. The Kier molecular flexibility index (Phi) is 5.03. The number of aryl methyl sites for hydroxylation is 1. The number of hydrogen-bond donors (Lipinski definition) is 1. The summed E-state index contributed by atoms with van der Waals surface area (Å²) in [5, 5.41) is 0.157. The Hall–Kier alpha value is -1.57. The van der Waals surface area contributed by atoms with E-state index in [0.29, 0.717) is 21.6 Å². The first-order chi connectivity index (χ1) is 10.6. The van der Waals surface area contributed by atoms with E-state index in [-0.39, 0.29) is 5.69 Å². The smallest absolute Gasteiger partial charge is 0.284 e. The van der Waals surface area contributed by atoms with Crippen molar-refractivity contribution in [2.24, 2.45) is 0 Å². The number of aromatic nitrogens is 2. The highest BCUT2D eigenvalue weighted by Gasteiger charge is 2.22. The lowest BCUT2D eigenvalue weighted by molar-refractivity contribution is 0.0976. The van der Waals surface area contributed by atoms with Crippen molar-refractivity contribution in [3.8, 4) is 5.69 Å². The second-order valence-corrected chi connectivity index (χ2v) is 8.31. The van der Waals surface area contributed by atoms with E-state index in [0.717, 1.165) is 0 Å². The van der Waals surface area contributed by atoms with Crippen molar-refractivity contribution in [1.82, 2.24) is 14.3 Å². The van der Waals surface area contributed by atoms with Gasteiger partial charge in [0, 0.05) is 21.9 Å². The van der Waals surface area contributed by atoms with Crippen LogP contribution in [-0.4, -0.2) is 29.1 Å². The molecule has 1 aromatic carbocycles. The molecule has 0 aliphatic heterocycles. The summed E-state index contributed by atoms with van der Waals surface area (Å²) in [6.07, 6.45) is 1.43. The molecule has 124 valence electrons. The third-order valence-corrected chi connectivity index (χ3v) is 5.24. The van der Waals surface area contributed by atoms with Crippen molar-refractivity contribution >= 4 is 39.1 Å². The first kappa shape index (κ1) is 17.8. The number of sulfonamides is 1. The highest BCUT2D eigenvalue weighted by atomic mass is 35.5.